The van der Waals surface area contributed by atoms with Crippen molar-refractivity contribution in [3.05, 3.63) is 29.3 Å². The van der Waals surface area contributed by atoms with Crippen LogP contribution in [-0.4, -0.2) is 5.25 Å². The molecule has 2 heteroatoms. The van der Waals surface area contributed by atoms with Crippen LogP contribution in [0.1, 0.15) is 24.5 Å². The molecule has 0 spiro atoms. The summed E-state index contributed by atoms with van der Waals surface area (Å²) in [6, 6.07) is 8.68. The first-order valence-electron chi connectivity index (χ1n) is 4.81. The molecular weight excluding hydrogens is 190 g/mol. The molecule has 1 unspecified atom stereocenters. The lowest BCUT2D eigenvalue weighted by Gasteiger charge is -2.09. The summed E-state index contributed by atoms with van der Waals surface area (Å²) >= 11 is 1.67. The average molecular weight is 205 g/mol. The second-order valence-corrected chi connectivity index (χ2v) is 4.66. The van der Waals surface area contributed by atoms with Crippen LogP contribution < -0.4 is 0 Å². The van der Waals surface area contributed by atoms with E-state index in [0.29, 0.717) is 0 Å². The molecule has 1 atom stereocenters. The molecule has 0 aromatic heterocycles. The third kappa shape index (κ3) is 2.78. The maximum absolute atomic E-state index is 8.88. The van der Waals surface area contributed by atoms with Crippen molar-refractivity contribution in [1.29, 1.82) is 5.26 Å². The Morgan fingerprint density at radius 3 is 2.71 bits per heavy atom. The van der Waals surface area contributed by atoms with Gasteiger partial charge in [-0.05, 0) is 31.9 Å². The summed E-state index contributed by atoms with van der Waals surface area (Å²) in [4.78, 5) is 1.23. The molecule has 0 aliphatic rings. The summed E-state index contributed by atoms with van der Waals surface area (Å²) in [7, 11) is 0. The molecule has 1 aromatic carbocycles. The van der Waals surface area contributed by atoms with Gasteiger partial charge in [0.15, 0.2) is 0 Å². The second kappa shape index (κ2) is 5.07. The van der Waals surface area contributed by atoms with Crippen molar-refractivity contribution in [3.63, 3.8) is 0 Å². The highest BCUT2D eigenvalue weighted by Crippen LogP contribution is 2.28. The molecule has 0 saturated carbocycles. The second-order valence-electron chi connectivity index (χ2n) is 3.41. The number of nitriles is 1. The molecule has 0 aliphatic carbocycles. The topological polar surface area (TPSA) is 23.8 Å². The molecule has 14 heavy (non-hydrogen) atoms. The van der Waals surface area contributed by atoms with Crippen molar-refractivity contribution >= 4 is 11.8 Å². The fourth-order valence-electron chi connectivity index (χ4n) is 1.19. The van der Waals surface area contributed by atoms with Crippen molar-refractivity contribution in [2.45, 2.75) is 37.3 Å². The van der Waals surface area contributed by atoms with Gasteiger partial charge in [0.1, 0.15) is 0 Å². The van der Waals surface area contributed by atoms with Gasteiger partial charge in [-0.15, -0.1) is 11.8 Å². The van der Waals surface area contributed by atoms with Gasteiger partial charge in [0.05, 0.1) is 11.3 Å². The number of aryl methyl sites for hydroxylation is 2. The predicted octanol–water partition coefficient (Wildman–Crippen LogP) is 3.70. The van der Waals surface area contributed by atoms with Crippen molar-refractivity contribution in [2.24, 2.45) is 0 Å². The summed E-state index contributed by atoms with van der Waals surface area (Å²) in [5, 5.41) is 8.96. The van der Waals surface area contributed by atoms with E-state index in [-0.39, 0.29) is 5.25 Å². The van der Waals surface area contributed by atoms with Gasteiger partial charge < -0.3 is 0 Å². The largest absolute Gasteiger partial charge is 0.197 e. The van der Waals surface area contributed by atoms with Crippen LogP contribution >= 0.6 is 11.8 Å². The molecule has 0 heterocycles. The number of benzene rings is 1. The van der Waals surface area contributed by atoms with E-state index >= 15 is 0 Å². The molecule has 1 aromatic rings. The molecule has 0 saturated heterocycles. The van der Waals surface area contributed by atoms with Crippen LogP contribution in [0.3, 0.4) is 0 Å². The van der Waals surface area contributed by atoms with E-state index in [0.717, 1.165) is 6.42 Å². The van der Waals surface area contributed by atoms with Crippen molar-refractivity contribution in [2.75, 3.05) is 0 Å². The minimum atomic E-state index is 0.0792. The monoisotopic (exact) mass is 205 g/mol. The van der Waals surface area contributed by atoms with E-state index in [2.05, 4.69) is 38.1 Å². The third-order valence-electron chi connectivity index (χ3n) is 2.13. The maximum atomic E-state index is 8.88. The van der Waals surface area contributed by atoms with Gasteiger partial charge in [-0.25, -0.2) is 0 Å². The quantitative estimate of drug-likeness (QED) is 0.702. The van der Waals surface area contributed by atoms with Crippen LogP contribution in [0.4, 0.5) is 0 Å². The smallest absolute Gasteiger partial charge is 0.0961 e. The Kier molecular flexibility index (Phi) is 4.03. The third-order valence-corrected chi connectivity index (χ3v) is 3.54. The highest BCUT2D eigenvalue weighted by atomic mass is 32.2. The van der Waals surface area contributed by atoms with Gasteiger partial charge >= 0.3 is 0 Å². The average Bonchev–Trinajstić information content (AvgIpc) is 2.19. The number of hydrogen-bond donors (Lipinski definition) is 0. The van der Waals surface area contributed by atoms with Crippen LogP contribution in [0.15, 0.2) is 23.1 Å². The van der Waals surface area contributed by atoms with Crippen LogP contribution in [0.2, 0.25) is 0 Å². The van der Waals surface area contributed by atoms with Crippen molar-refractivity contribution < 1.29 is 0 Å². The number of rotatable bonds is 3. The molecule has 1 nitrogen and oxygen atoms in total. The fraction of sp³-hybridized carbons (Fsp3) is 0.417. The molecule has 74 valence electrons. The zero-order chi connectivity index (χ0) is 10.6. The minimum Gasteiger partial charge on any atom is -0.197 e. The number of thioether (sulfide) groups is 1. The van der Waals surface area contributed by atoms with Crippen LogP contribution in [0, 0.1) is 25.2 Å². The summed E-state index contributed by atoms with van der Waals surface area (Å²) < 4.78 is 0. The van der Waals surface area contributed by atoms with Gasteiger partial charge in [-0.2, -0.15) is 5.26 Å². The van der Waals surface area contributed by atoms with E-state index in [9.17, 15) is 0 Å². The van der Waals surface area contributed by atoms with Crippen LogP contribution in [0.5, 0.6) is 0 Å². The molecule has 1 rings (SSSR count). The lowest BCUT2D eigenvalue weighted by atomic mass is 10.2. The first-order chi connectivity index (χ1) is 6.67. The Morgan fingerprint density at radius 1 is 1.43 bits per heavy atom. The van der Waals surface area contributed by atoms with Crippen molar-refractivity contribution in [1.82, 2.24) is 0 Å². The normalized spacial score (nSPS) is 12.1. The van der Waals surface area contributed by atoms with E-state index in [1.165, 1.54) is 16.0 Å². The zero-order valence-electron chi connectivity index (χ0n) is 8.87. The Balaban J connectivity index is 2.86. The van der Waals surface area contributed by atoms with Gasteiger partial charge in [0, 0.05) is 4.90 Å². The predicted molar refractivity (Wildman–Crippen MR) is 61.5 cm³/mol. The van der Waals surface area contributed by atoms with E-state index in [4.69, 9.17) is 5.26 Å². The van der Waals surface area contributed by atoms with Gasteiger partial charge in [-0.3, -0.25) is 0 Å². The van der Waals surface area contributed by atoms with Gasteiger partial charge in [-0.1, -0.05) is 24.6 Å². The molecule has 0 amide bonds. The lowest BCUT2D eigenvalue weighted by molar-refractivity contribution is 0.983. The first-order valence-corrected chi connectivity index (χ1v) is 5.69. The van der Waals surface area contributed by atoms with E-state index in [1.807, 2.05) is 6.92 Å². The molecule has 0 aliphatic heterocycles. The standard InChI is InChI=1S/C12H15NS/c1-4-11(8-13)14-12-7-9(2)5-6-10(12)3/h5-7,11H,4H2,1-3H3. The Morgan fingerprint density at radius 2 is 2.14 bits per heavy atom. The first kappa shape index (κ1) is 11.1. The van der Waals surface area contributed by atoms with Crippen LogP contribution in [-0.2, 0) is 0 Å². The SMILES string of the molecule is CCC(C#N)Sc1cc(C)ccc1C. The fourth-order valence-corrected chi connectivity index (χ4v) is 2.22. The summed E-state index contributed by atoms with van der Waals surface area (Å²) in [5.74, 6) is 0. The number of hydrogen-bond acceptors (Lipinski definition) is 2. The maximum Gasteiger partial charge on any atom is 0.0961 e. The Labute approximate surface area is 90.1 Å². The van der Waals surface area contributed by atoms with E-state index in [1.54, 1.807) is 11.8 Å². The molecule has 0 bridgehead atoms. The van der Waals surface area contributed by atoms with Crippen LogP contribution in [0.25, 0.3) is 0 Å². The molecular formula is C12H15NS. The summed E-state index contributed by atoms with van der Waals surface area (Å²) in [6.07, 6.45) is 0.897. The molecule has 0 radical (unpaired) electrons. The Bertz CT molecular complexity index is 352. The van der Waals surface area contributed by atoms with Gasteiger partial charge in [0.2, 0.25) is 0 Å². The number of nitrogens with zero attached hydrogens (tertiary/aromatic N) is 1. The summed E-state index contributed by atoms with van der Waals surface area (Å²) in [5.41, 5.74) is 2.51. The summed E-state index contributed by atoms with van der Waals surface area (Å²) in [6.45, 7) is 6.22. The zero-order valence-corrected chi connectivity index (χ0v) is 9.69. The highest BCUT2D eigenvalue weighted by molar-refractivity contribution is 8.00. The lowest BCUT2D eigenvalue weighted by Crippen LogP contribution is -1.96. The molecule has 0 N–H and O–H groups in total. The van der Waals surface area contributed by atoms with E-state index < -0.39 is 0 Å². The minimum absolute atomic E-state index is 0.0792. The molecule has 0 fully saturated rings. The van der Waals surface area contributed by atoms with Crippen molar-refractivity contribution in [3.8, 4) is 6.07 Å². The Hall–Kier alpha value is -0.940. The highest BCUT2D eigenvalue weighted by Gasteiger charge is 2.08. The van der Waals surface area contributed by atoms with Gasteiger partial charge in [0.25, 0.3) is 0 Å².